The summed E-state index contributed by atoms with van der Waals surface area (Å²) in [5.74, 6) is 0. The zero-order valence-electron chi connectivity index (χ0n) is 8.02. The van der Waals surface area contributed by atoms with Gasteiger partial charge in [-0.1, -0.05) is 23.2 Å². The number of hydrogen-bond acceptors (Lipinski definition) is 2. The molecule has 0 atom stereocenters. The van der Waals surface area contributed by atoms with E-state index < -0.39 is 0 Å². The van der Waals surface area contributed by atoms with Crippen LogP contribution in [0.4, 0.5) is 0 Å². The molecule has 2 heterocycles. The molecule has 0 unspecified atom stereocenters. The number of rotatable bonds is 1. The third-order valence-electron chi connectivity index (χ3n) is 2.02. The summed E-state index contributed by atoms with van der Waals surface area (Å²) in [5.41, 5.74) is 1.98. The summed E-state index contributed by atoms with van der Waals surface area (Å²) in [4.78, 5) is 8.11. The largest absolute Gasteiger partial charge is 0.243 e. The van der Waals surface area contributed by atoms with E-state index in [1.807, 2.05) is 6.07 Å². The number of pyridine rings is 2. The van der Waals surface area contributed by atoms with Gasteiger partial charge in [0, 0.05) is 31.6 Å². The lowest BCUT2D eigenvalue weighted by Gasteiger charge is -2.10. The zero-order valence-corrected chi connectivity index (χ0v) is 15.4. The van der Waals surface area contributed by atoms with Gasteiger partial charge < -0.3 is 0 Å². The van der Waals surface area contributed by atoms with Crippen molar-refractivity contribution < 1.29 is 0 Å². The molecule has 0 N–H and O–H groups in total. The Morgan fingerprint density at radius 1 is 1.12 bits per heavy atom. The van der Waals surface area contributed by atoms with Gasteiger partial charge in [-0.15, -0.1) is 0 Å². The summed E-state index contributed by atoms with van der Waals surface area (Å²) < 4.78 is 2.78. The van der Waals surface area contributed by atoms with Gasteiger partial charge in [-0.25, -0.2) is 9.97 Å². The van der Waals surface area contributed by atoms with Crippen LogP contribution in [0.5, 0.6) is 0 Å². The van der Waals surface area contributed by atoms with Gasteiger partial charge in [0.2, 0.25) is 0 Å². The minimum absolute atomic E-state index is 0.455. The smallest absolute Gasteiger partial charge is 0.143 e. The first-order valence-electron chi connectivity index (χ1n) is 4.31. The Balaban J connectivity index is 2.76. The molecule has 0 aromatic carbocycles. The molecule has 0 bridgehead atoms. The van der Waals surface area contributed by atoms with E-state index in [4.69, 9.17) is 23.2 Å². The maximum atomic E-state index is 6.04. The lowest BCUT2D eigenvalue weighted by atomic mass is 10.1. The molecule has 2 aromatic heterocycles. The monoisotopic (exact) mass is 554 g/mol. The molecule has 0 aliphatic carbocycles. The molecule has 2 aromatic rings. The Hall–Kier alpha value is 0.820. The standard InChI is InChI=1S/C10H3BrCl2I2N2/c11-5-2-17-10(13)9(15)8(5)4-1-7(12)16-3-6(4)14/h1-3H. The van der Waals surface area contributed by atoms with E-state index in [1.54, 1.807) is 12.4 Å². The fourth-order valence-corrected chi connectivity index (χ4v) is 3.77. The predicted octanol–water partition coefficient (Wildman–Crippen LogP) is 5.42. The summed E-state index contributed by atoms with van der Waals surface area (Å²) in [7, 11) is 0. The minimum atomic E-state index is 0.455. The molecule has 0 spiro atoms. The van der Waals surface area contributed by atoms with Gasteiger partial charge in [0.05, 0.1) is 3.57 Å². The lowest BCUT2D eigenvalue weighted by molar-refractivity contribution is 1.27. The number of hydrogen-bond donors (Lipinski definition) is 0. The number of halogens is 5. The van der Waals surface area contributed by atoms with Crippen molar-refractivity contribution in [2.75, 3.05) is 0 Å². The van der Waals surface area contributed by atoms with E-state index in [1.165, 1.54) is 0 Å². The van der Waals surface area contributed by atoms with Crippen LogP contribution in [0.2, 0.25) is 10.3 Å². The zero-order chi connectivity index (χ0) is 12.6. The molecule has 0 aliphatic rings. The third kappa shape index (κ3) is 3.05. The molecule has 0 amide bonds. The summed E-state index contributed by atoms with van der Waals surface area (Å²) in [6, 6.07) is 1.82. The average molecular weight is 556 g/mol. The van der Waals surface area contributed by atoms with Crippen LogP contribution < -0.4 is 0 Å². The van der Waals surface area contributed by atoms with Crippen LogP contribution in [0.25, 0.3) is 11.1 Å². The highest BCUT2D eigenvalue weighted by Gasteiger charge is 2.15. The van der Waals surface area contributed by atoms with Gasteiger partial charge in [-0.3, -0.25) is 0 Å². The molecule has 0 saturated carbocycles. The molecular formula is C10H3BrCl2I2N2. The van der Waals surface area contributed by atoms with E-state index in [9.17, 15) is 0 Å². The van der Waals surface area contributed by atoms with Crippen LogP contribution in [0.1, 0.15) is 0 Å². The van der Waals surface area contributed by atoms with Crippen molar-refractivity contribution in [1.29, 1.82) is 0 Å². The first-order chi connectivity index (χ1) is 8.00. The number of aromatic nitrogens is 2. The lowest BCUT2D eigenvalue weighted by Crippen LogP contribution is -1.93. The molecule has 88 valence electrons. The van der Waals surface area contributed by atoms with Gasteiger partial charge in [0.25, 0.3) is 0 Å². The van der Waals surface area contributed by atoms with Gasteiger partial charge >= 0.3 is 0 Å². The SMILES string of the molecule is Clc1cc(-c2c(Br)cnc(Cl)c2I)c(I)cn1. The molecule has 0 fully saturated rings. The van der Waals surface area contributed by atoms with E-state index in [0.29, 0.717) is 10.3 Å². The Kier molecular flexibility index (Phi) is 4.90. The highest BCUT2D eigenvalue weighted by Crippen LogP contribution is 2.38. The highest BCUT2D eigenvalue weighted by molar-refractivity contribution is 14.1. The normalized spacial score (nSPS) is 10.6. The first-order valence-corrected chi connectivity index (χ1v) is 8.02. The second-order valence-electron chi connectivity index (χ2n) is 3.07. The van der Waals surface area contributed by atoms with Crippen molar-refractivity contribution in [3.05, 3.63) is 40.4 Å². The fraction of sp³-hybridized carbons (Fsp3) is 0. The average Bonchev–Trinajstić information content (AvgIpc) is 2.29. The van der Waals surface area contributed by atoms with Gasteiger partial charge in [0.1, 0.15) is 10.3 Å². The van der Waals surface area contributed by atoms with Crippen molar-refractivity contribution in [1.82, 2.24) is 9.97 Å². The highest BCUT2D eigenvalue weighted by atomic mass is 127. The molecule has 0 saturated heterocycles. The van der Waals surface area contributed by atoms with Crippen LogP contribution in [0, 0.1) is 7.14 Å². The second kappa shape index (κ2) is 5.85. The van der Waals surface area contributed by atoms with Crippen molar-refractivity contribution in [3.63, 3.8) is 0 Å². The van der Waals surface area contributed by atoms with Crippen LogP contribution in [-0.2, 0) is 0 Å². The number of nitrogens with zero attached hydrogens (tertiary/aromatic N) is 2. The topological polar surface area (TPSA) is 25.8 Å². The van der Waals surface area contributed by atoms with Crippen LogP contribution in [0.3, 0.4) is 0 Å². The Morgan fingerprint density at radius 3 is 2.53 bits per heavy atom. The summed E-state index contributed by atoms with van der Waals surface area (Å²) in [6.07, 6.45) is 3.42. The van der Waals surface area contributed by atoms with Crippen molar-refractivity contribution in [3.8, 4) is 11.1 Å². The second-order valence-corrected chi connectivity index (χ2v) is 6.91. The van der Waals surface area contributed by atoms with Crippen molar-refractivity contribution >= 4 is 84.3 Å². The Morgan fingerprint density at radius 2 is 1.82 bits per heavy atom. The predicted molar refractivity (Wildman–Crippen MR) is 90.6 cm³/mol. The van der Waals surface area contributed by atoms with Gasteiger partial charge in [-0.05, 0) is 67.2 Å². The minimum Gasteiger partial charge on any atom is -0.243 e. The maximum absolute atomic E-state index is 6.04. The van der Waals surface area contributed by atoms with E-state index in [0.717, 1.165) is 22.7 Å². The van der Waals surface area contributed by atoms with Gasteiger partial charge in [-0.2, -0.15) is 0 Å². The molecular weight excluding hydrogens is 553 g/mol. The Labute approximate surface area is 144 Å². The quantitative estimate of drug-likeness (QED) is 0.347. The molecule has 7 heteroatoms. The maximum Gasteiger partial charge on any atom is 0.143 e. The summed E-state index contributed by atoms with van der Waals surface area (Å²) >= 11 is 19.8. The summed E-state index contributed by atoms with van der Waals surface area (Å²) in [6.45, 7) is 0. The van der Waals surface area contributed by atoms with Crippen molar-refractivity contribution in [2.45, 2.75) is 0 Å². The molecule has 17 heavy (non-hydrogen) atoms. The first kappa shape index (κ1) is 14.2. The fourth-order valence-electron chi connectivity index (χ4n) is 1.29. The molecule has 0 aliphatic heterocycles. The summed E-state index contributed by atoms with van der Waals surface area (Å²) in [5, 5.41) is 0.934. The van der Waals surface area contributed by atoms with Gasteiger partial charge in [0.15, 0.2) is 0 Å². The van der Waals surface area contributed by atoms with E-state index in [2.05, 4.69) is 71.1 Å². The molecule has 2 nitrogen and oxygen atoms in total. The van der Waals surface area contributed by atoms with Crippen LogP contribution in [-0.4, -0.2) is 9.97 Å². The van der Waals surface area contributed by atoms with Crippen LogP contribution >= 0.6 is 84.3 Å². The van der Waals surface area contributed by atoms with E-state index in [-0.39, 0.29) is 0 Å². The molecule has 0 radical (unpaired) electrons. The van der Waals surface area contributed by atoms with Crippen LogP contribution in [0.15, 0.2) is 22.9 Å². The van der Waals surface area contributed by atoms with Crippen molar-refractivity contribution in [2.24, 2.45) is 0 Å². The third-order valence-corrected chi connectivity index (χ3v) is 5.35. The Bertz CT molecular complexity index is 593. The molecule has 2 rings (SSSR count). The van der Waals surface area contributed by atoms with E-state index >= 15 is 0 Å².